The Hall–Kier alpha value is -2.38. The van der Waals surface area contributed by atoms with Gasteiger partial charge in [-0.2, -0.15) is 0 Å². The Bertz CT molecular complexity index is 776. The maximum Gasteiger partial charge on any atom is 0.378 e. The summed E-state index contributed by atoms with van der Waals surface area (Å²) >= 11 is 0. The largest absolute Gasteiger partial charge is 0.505 e. The molecule has 0 aliphatic carbocycles. The molecule has 2 heterocycles. The van der Waals surface area contributed by atoms with Crippen molar-refractivity contribution in [3.63, 3.8) is 0 Å². The van der Waals surface area contributed by atoms with Crippen LogP contribution < -0.4 is 0 Å². The van der Waals surface area contributed by atoms with Gasteiger partial charge in [-0.15, -0.1) is 0 Å². The molecule has 2 rings (SSSR count). The van der Waals surface area contributed by atoms with Crippen LogP contribution in [0.25, 0.3) is 0 Å². The predicted molar refractivity (Wildman–Crippen MR) is 130 cm³/mol. The Morgan fingerprint density at radius 2 is 1.68 bits per heavy atom. The van der Waals surface area contributed by atoms with E-state index in [4.69, 9.17) is 18.9 Å². The van der Waals surface area contributed by atoms with Crippen molar-refractivity contribution < 1.29 is 33.6 Å². The Labute approximate surface area is 203 Å². The van der Waals surface area contributed by atoms with Crippen LogP contribution in [-0.2, 0) is 28.5 Å². The van der Waals surface area contributed by atoms with E-state index in [0.717, 1.165) is 51.4 Å². The SMILES string of the molecule is CC/C=C\C/C=C\C/C=C\CCCCCCCC(=O)OC1=C(O)C(C2COC(C)(C)O2)OC1=O. The van der Waals surface area contributed by atoms with Gasteiger partial charge in [-0.05, 0) is 52.4 Å². The lowest BCUT2D eigenvalue weighted by Gasteiger charge is -2.19. The number of esters is 2. The summed E-state index contributed by atoms with van der Waals surface area (Å²) in [5.41, 5.74) is 0. The second-order valence-electron chi connectivity index (χ2n) is 8.98. The fourth-order valence-electron chi connectivity index (χ4n) is 3.72. The van der Waals surface area contributed by atoms with E-state index in [-0.39, 0.29) is 13.0 Å². The van der Waals surface area contributed by atoms with Gasteiger partial charge in [-0.1, -0.05) is 62.6 Å². The van der Waals surface area contributed by atoms with Crippen LogP contribution in [0, 0.1) is 0 Å². The van der Waals surface area contributed by atoms with Crippen LogP contribution in [0.3, 0.4) is 0 Å². The Morgan fingerprint density at radius 3 is 2.35 bits per heavy atom. The molecule has 0 amide bonds. The first-order valence-electron chi connectivity index (χ1n) is 12.5. The van der Waals surface area contributed by atoms with Gasteiger partial charge >= 0.3 is 11.9 Å². The van der Waals surface area contributed by atoms with Crippen molar-refractivity contribution in [2.45, 2.75) is 103 Å². The molecule has 1 fully saturated rings. The lowest BCUT2D eigenvalue weighted by atomic mass is 10.1. The van der Waals surface area contributed by atoms with Crippen molar-refractivity contribution in [1.82, 2.24) is 0 Å². The van der Waals surface area contributed by atoms with Crippen LogP contribution in [0.15, 0.2) is 48.0 Å². The van der Waals surface area contributed by atoms with E-state index in [1.165, 1.54) is 0 Å². The first kappa shape index (κ1) is 27.9. The monoisotopic (exact) mass is 476 g/mol. The highest BCUT2D eigenvalue weighted by Gasteiger charge is 2.47. The molecule has 1 N–H and O–H groups in total. The average molecular weight is 477 g/mol. The Balaban J connectivity index is 1.54. The number of aliphatic hydroxyl groups excluding tert-OH is 1. The van der Waals surface area contributed by atoms with Gasteiger partial charge in [0.1, 0.15) is 6.10 Å². The maximum absolute atomic E-state index is 12.1. The quantitative estimate of drug-likeness (QED) is 0.177. The highest BCUT2D eigenvalue weighted by Crippen LogP contribution is 2.32. The number of rotatable bonds is 15. The van der Waals surface area contributed by atoms with E-state index in [2.05, 4.69) is 43.4 Å². The van der Waals surface area contributed by atoms with Crippen molar-refractivity contribution >= 4 is 11.9 Å². The molecule has 0 radical (unpaired) electrons. The Kier molecular flexibility index (Phi) is 12.1. The number of carbonyl (C=O) groups excluding carboxylic acids is 2. The van der Waals surface area contributed by atoms with Gasteiger partial charge in [0.25, 0.3) is 5.76 Å². The summed E-state index contributed by atoms with van der Waals surface area (Å²) in [6.45, 7) is 5.76. The normalized spacial score (nSPS) is 22.5. The zero-order chi connectivity index (χ0) is 24.8. The van der Waals surface area contributed by atoms with Gasteiger partial charge in [0.15, 0.2) is 17.7 Å². The second kappa shape index (κ2) is 14.8. The van der Waals surface area contributed by atoms with Gasteiger partial charge in [-0.3, -0.25) is 4.79 Å². The number of allylic oxidation sites excluding steroid dienone is 6. The molecule has 190 valence electrons. The van der Waals surface area contributed by atoms with Crippen molar-refractivity contribution in [1.29, 1.82) is 0 Å². The van der Waals surface area contributed by atoms with Crippen LogP contribution >= 0.6 is 0 Å². The Morgan fingerprint density at radius 1 is 1.03 bits per heavy atom. The molecule has 2 atom stereocenters. The molecule has 0 spiro atoms. The summed E-state index contributed by atoms with van der Waals surface area (Å²) in [5, 5.41) is 10.3. The molecule has 7 heteroatoms. The summed E-state index contributed by atoms with van der Waals surface area (Å²) in [6, 6.07) is 0. The topological polar surface area (TPSA) is 91.3 Å². The molecule has 2 aliphatic heterocycles. The van der Waals surface area contributed by atoms with Crippen molar-refractivity contribution in [2.24, 2.45) is 0 Å². The predicted octanol–water partition coefficient (Wildman–Crippen LogP) is 5.97. The second-order valence-corrected chi connectivity index (χ2v) is 8.98. The summed E-state index contributed by atoms with van der Waals surface area (Å²) in [7, 11) is 0. The van der Waals surface area contributed by atoms with E-state index in [1.54, 1.807) is 13.8 Å². The highest BCUT2D eigenvalue weighted by molar-refractivity contribution is 5.92. The van der Waals surface area contributed by atoms with Crippen molar-refractivity contribution in [3.8, 4) is 0 Å². The number of ether oxygens (including phenoxy) is 4. The summed E-state index contributed by atoms with van der Waals surface area (Å²) < 4.78 is 21.3. The van der Waals surface area contributed by atoms with Crippen LogP contribution in [0.1, 0.15) is 85.0 Å². The van der Waals surface area contributed by atoms with Gasteiger partial charge in [0, 0.05) is 6.42 Å². The molecular formula is C27H40O7. The molecule has 0 aromatic heterocycles. The van der Waals surface area contributed by atoms with Crippen LogP contribution in [0.4, 0.5) is 0 Å². The third-order valence-electron chi connectivity index (χ3n) is 5.54. The number of cyclic esters (lactones) is 1. The smallest absolute Gasteiger partial charge is 0.378 e. The molecule has 0 saturated carbocycles. The molecule has 2 aliphatic rings. The lowest BCUT2D eigenvalue weighted by Crippen LogP contribution is -2.32. The number of carbonyl (C=O) groups is 2. The minimum Gasteiger partial charge on any atom is -0.505 e. The summed E-state index contributed by atoms with van der Waals surface area (Å²) in [6.07, 6.45) is 20.7. The van der Waals surface area contributed by atoms with Gasteiger partial charge in [0.2, 0.25) is 0 Å². The lowest BCUT2D eigenvalue weighted by molar-refractivity contribution is -0.164. The summed E-state index contributed by atoms with van der Waals surface area (Å²) in [5.74, 6) is -3.09. The van der Waals surface area contributed by atoms with Crippen LogP contribution in [-0.4, -0.2) is 41.6 Å². The minimum atomic E-state index is -1.02. The van der Waals surface area contributed by atoms with E-state index in [0.29, 0.717) is 6.42 Å². The van der Waals surface area contributed by atoms with Crippen LogP contribution in [0.2, 0.25) is 0 Å². The van der Waals surface area contributed by atoms with E-state index in [1.807, 2.05) is 0 Å². The highest BCUT2D eigenvalue weighted by atomic mass is 16.8. The summed E-state index contributed by atoms with van der Waals surface area (Å²) in [4.78, 5) is 24.1. The van der Waals surface area contributed by atoms with Crippen molar-refractivity contribution in [2.75, 3.05) is 6.61 Å². The first-order valence-corrected chi connectivity index (χ1v) is 12.5. The standard InChI is InChI=1S/C27H40O7/c1-4-5-6-7-8-9-10-11-12-13-14-15-16-17-18-19-22(28)32-25-23(29)24(33-26(25)30)21-20-31-27(2,3)34-21/h5-6,8-9,11-12,21,24,29H,4,7,10,13-20H2,1-3H3/b6-5-,9-8-,12-11-. The fraction of sp³-hybridized carbons (Fsp3) is 0.630. The van der Waals surface area contributed by atoms with Crippen molar-refractivity contribution in [3.05, 3.63) is 48.0 Å². The number of aliphatic hydroxyl groups is 1. The molecule has 0 aromatic rings. The van der Waals surface area contributed by atoms with Gasteiger partial charge in [-0.25, -0.2) is 4.79 Å². The molecule has 2 unspecified atom stereocenters. The third kappa shape index (κ3) is 9.85. The maximum atomic E-state index is 12.1. The zero-order valence-corrected chi connectivity index (χ0v) is 20.8. The van der Waals surface area contributed by atoms with Crippen LogP contribution in [0.5, 0.6) is 0 Å². The number of hydrogen-bond acceptors (Lipinski definition) is 7. The average Bonchev–Trinajstić information content (AvgIpc) is 3.29. The fourth-order valence-corrected chi connectivity index (χ4v) is 3.72. The third-order valence-corrected chi connectivity index (χ3v) is 5.54. The molecule has 7 nitrogen and oxygen atoms in total. The molecule has 0 aromatic carbocycles. The number of unbranched alkanes of at least 4 members (excludes halogenated alkanes) is 5. The van der Waals surface area contributed by atoms with E-state index >= 15 is 0 Å². The van der Waals surface area contributed by atoms with Gasteiger partial charge in [0.05, 0.1) is 6.61 Å². The minimum absolute atomic E-state index is 0.167. The molecule has 1 saturated heterocycles. The zero-order valence-electron chi connectivity index (χ0n) is 20.8. The molecule has 0 bridgehead atoms. The van der Waals surface area contributed by atoms with E-state index in [9.17, 15) is 14.7 Å². The van der Waals surface area contributed by atoms with E-state index < -0.39 is 41.5 Å². The number of hydrogen-bond donors (Lipinski definition) is 1. The van der Waals surface area contributed by atoms with Gasteiger partial charge < -0.3 is 24.1 Å². The molecular weight excluding hydrogens is 436 g/mol. The first-order chi connectivity index (χ1) is 16.3. The molecule has 34 heavy (non-hydrogen) atoms.